The van der Waals surface area contributed by atoms with Gasteiger partial charge in [-0.15, -0.1) is 0 Å². The third-order valence-corrected chi connectivity index (χ3v) is 2.76. The smallest absolute Gasteiger partial charge is 0.271 e. The van der Waals surface area contributed by atoms with Crippen LogP contribution in [-0.2, 0) is 5.41 Å². The molecule has 0 amide bonds. The predicted molar refractivity (Wildman–Crippen MR) is 73.4 cm³/mol. The monoisotopic (exact) mass is 268 g/mol. The lowest BCUT2D eigenvalue weighted by atomic mass is 9.85. The number of benzene rings is 1. The van der Waals surface area contributed by atoms with Crippen LogP contribution >= 0.6 is 0 Å². The van der Waals surface area contributed by atoms with Gasteiger partial charge in [-0.3, -0.25) is 10.1 Å². The zero-order valence-corrected chi connectivity index (χ0v) is 11.4. The second kappa shape index (κ2) is 5.99. The number of nitrogens with one attached hydrogen (secondary N) is 1. The van der Waals surface area contributed by atoms with Crippen molar-refractivity contribution in [1.82, 2.24) is 0 Å². The van der Waals surface area contributed by atoms with Gasteiger partial charge in [0, 0.05) is 24.4 Å². The SMILES string of the molecule is CC(C)(C)c1ccc([N+](=O)[O-])cc1NCC(O)CO. The molecule has 19 heavy (non-hydrogen) atoms. The first kappa shape index (κ1) is 15.4. The van der Waals surface area contributed by atoms with E-state index in [-0.39, 0.29) is 24.3 Å². The molecular formula is C13H20N2O4. The van der Waals surface area contributed by atoms with Crippen molar-refractivity contribution >= 4 is 11.4 Å². The van der Waals surface area contributed by atoms with Crippen LogP contribution in [0.2, 0.25) is 0 Å². The average Bonchev–Trinajstić information content (AvgIpc) is 2.34. The largest absolute Gasteiger partial charge is 0.394 e. The molecule has 0 aliphatic carbocycles. The Bertz CT molecular complexity index is 454. The number of hydrogen-bond acceptors (Lipinski definition) is 5. The van der Waals surface area contributed by atoms with Gasteiger partial charge in [0.25, 0.3) is 5.69 Å². The van der Waals surface area contributed by atoms with Crippen LogP contribution in [0.15, 0.2) is 18.2 Å². The highest BCUT2D eigenvalue weighted by Crippen LogP contribution is 2.32. The van der Waals surface area contributed by atoms with E-state index in [1.165, 1.54) is 12.1 Å². The third-order valence-electron chi connectivity index (χ3n) is 2.76. The van der Waals surface area contributed by atoms with E-state index in [0.717, 1.165) is 5.56 Å². The highest BCUT2D eigenvalue weighted by Gasteiger charge is 2.20. The van der Waals surface area contributed by atoms with Gasteiger partial charge in [-0.25, -0.2) is 0 Å². The van der Waals surface area contributed by atoms with Crippen molar-refractivity contribution < 1.29 is 15.1 Å². The summed E-state index contributed by atoms with van der Waals surface area (Å²) in [5.74, 6) is 0. The van der Waals surface area contributed by atoms with E-state index in [2.05, 4.69) is 5.32 Å². The molecule has 0 fully saturated rings. The van der Waals surface area contributed by atoms with Crippen LogP contribution in [0, 0.1) is 10.1 Å². The summed E-state index contributed by atoms with van der Waals surface area (Å²) < 4.78 is 0. The fourth-order valence-corrected chi connectivity index (χ4v) is 1.74. The van der Waals surface area contributed by atoms with Crippen molar-refractivity contribution in [3.8, 4) is 0 Å². The number of hydrogen-bond donors (Lipinski definition) is 3. The molecular weight excluding hydrogens is 248 g/mol. The lowest BCUT2D eigenvalue weighted by molar-refractivity contribution is -0.384. The Morgan fingerprint density at radius 3 is 2.53 bits per heavy atom. The fourth-order valence-electron chi connectivity index (χ4n) is 1.74. The van der Waals surface area contributed by atoms with Gasteiger partial charge in [0.15, 0.2) is 0 Å². The Kier molecular flexibility index (Phi) is 4.85. The topological polar surface area (TPSA) is 95.6 Å². The van der Waals surface area contributed by atoms with Gasteiger partial charge < -0.3 is 15.5 Å². The Labute approximate surface area is 112 Å². The Balaban J connectivity index is 3.08. The van der Waals surface area contributed by atoms with Crippen molar-refractivity contribution in [3.63, 3.8) is 0 Å². The maximum atomic E-state index is 10.8. The minimum Gasteiger partial charge on any atom is -0.394 e. The zero-order chi connectivity index (χ0) is 14.6. The van der Waals surface area contributed by atoms with Gasteiger partial charge in [0.1, 0.15) is 0 Å². The molecule has 6 nitrogen and oxygen atoms in total. The number of aliphatic hydroxyl groups excluding tert-OH is 2. The van der Waals surface area contributed by atoms with Crippen LogP contribution in [0.5, 0.6) is 0 Å². The molecule has 1 aromatic carbocycles. The molecule has 1 rings (SSSR count). The predicted octanol–water partition coefficient (Wildman–Crippen LogP) is 1.66. The molecule has 0 radical (unpaired) electrons. The molecule has 1 atom stereocenters. The zero-order valence-electron chi connectivity index (χ0n) is 11.4. The number of anilines is 1. The fraction of sp³-hybridized carbons (Fsp3) is 0.538. The van der Waals surface area contributed by atoms with E-state index >= 15 is 0 Å². The van der Waals surface area contributed by atoms with Gasteiger partial charge in [-0.2, -0.15) is 0 Å². The molecule has 3 N–H and O–H groups in total. The van der Waals surface area contributed by atoms with E-state index in [4.69, 9.17) is 5.11 Å². The maximum Gasteiger partial charge on any atom is 0.271 e. The van der Waals surface area contributed by atoms with E-state index < -0.39 is 11.0 Å². The van der Waals surface area contributed by atoms with Crippen molar-refractivity contribution in [2.75, 3.05) is 18.5 Å². The first-order valence-electron chi connectivity index (χ1n) is 6.07. The number of non-ortho nitro benzene ring substituents is 1. The Morgan fingerprint density at radius 1 is 1.42 bits per heavy atom. The summed E-state index contributed by atoms with van der Waals surface area (Å²) in [4.78, 5) is 10.3. The summed E-state index contributed by atoms with van der Waals surface area (Å²) in [5, 5.41) is 31.9. The van der Waals surface area contributed by atoms with Crippen molar-refractivity contribution in [2.24, 2.45) is 0 Å². The minimum absolute atomic E-state index is 0.00557. The van der Waals surface area contributed by atoms with Gasteiger partial charge in [0.2, 0.25) is 0 Å². The van der Waals surface area contributed by atoms with E-state index in [1.54, 1.807) is 6.07 Å². The number of nitro groups is 1. The van der Waals surface area contributed by atoms with Crippen molar-refractivity contribution in [2.45, 2.75) is 32.3 Å². The molecule has 0 saturated heterocycles. The summed E-state index contributed by atoms with van der Waals surface area (Å²) in [6.45, 7) is 5.79. The summed E-state index contributed by atoms with van der Waals surface area (Å²) in [7, 11) is 0. The molecule has 1 aromatic rings. The molecule has 106 valence electrons. The maximum absolute atomic E-state index is 10.8. The van der Waals surface area contributed by atoms with Crippen LogP contribution in [0.25, 0.3) is 0 Å². The van der Waals surface area contributed by atoms with Crippen LogP contribution in [0.4, 0.5) is 11.4 Å². The molecule has 0 aliphatic heterocycles. The van der Waals surface area contributed by atoms with Crippen LogP contribution < -0.4 is 5.32 Å². The molecule has 0 aromatic heterocycles. The number of nitro benzene ring substituents is 1. The summed E-state index contributed by atoms with van der Waals surface area (Å²) in [6.07, 6.45) is -0.896. The quantitative estimate of drug-likeness (QED) is 0.557. The highest BCUT2D eigenvalue weighted by atomic mass is 16.6. The van der Waals surface area contributed by atoms with E-state index in [0.29, 0.717) is 5.69 Å². The minimum atomic E-state index is -0.896. The molecule has 0 aliphatic rings. The lowest BCUT2D eigenvalue weighted by Gasteiger charge is -2.24. The number of rotatable bonds is 5. The first-order valence-corrected chi connectivity index (χ1v) is 6.07. The van der Waals surface area contributed by atoms with Gasteiger partial charge >= 0.3 is 0 Å². The van der Waals surface area contributed by atoms with E-state index in [9.17, 15) is 15.2 Å². The van der Waals surface area contributed by atoms with Crippen LogP contribution in [0.1, 0.15) is 26.3 Å². The summed E-state index contributed by atoms with van der Waals surface area (Å²) >= 11 is 0. The Hall–Kier alpha value is -1.66. The van der Waals surface area contributed by atoms with Crippen LogP contribution in [0.3, 0.4) is 0 Å². The molecule has 0 bridgehead atoms. The molecule has 0 spiro atoms. The molecule has 1 unspecified atom stereocenters. The lowest BCUT2D eigenvalue weighted by Crippen LogP contribution is -2.24. The normalized spacial score (nSPS) is 13.1. The summed E-state index contributed by atoms with van der Waals surface area (Å²) in [6, 6.07) is 4.63. The second-order valence-electron chi connectivity index (χ2n) is 5.45. The van der Waals surface area contributed by atoms with Crippen molar-refractivity contribution in [1.29, 1.82) is 0 Å². The Morgan fingerprint density at radius 2 is 2.05 bits per heavy atom. The second-order valence-corrected chi connectivity index (χ2v) is 5.45. The standard InChI is InChI=1S/C13H20N2O4/c1-13(2,3)11-5-4-9(15(18)19)6-12(11)14-7-10(17)8-16/h4-6,10,14,16-17H,7-8H2,1-3H3. The molecule has 6 heteroatoms. The molecule has 0 saturated carbocycles. The average molecular weight is 268 g/mol. The van der Waals surface area contributed by atoms with Gasteiger partial charge in [-0.05, 0) is 17.0 Å². The van der Waals surface area contributed by atoms with Gasteiger partial charge in [0.05, 0.1) is 17.6 Å². The number of nitrogens with zero attached hydrogens (tertiary/aromatic N) is 1. The third kappa shape index (κ3) is 4.18. The highest BCUT2D eigenvalue weighted by molar-refractivity contribution is 5.59. The first-order chi connectivity index (χ1) is 8.75. The van der Waals surface area contributed by atoms with Crippen molar-refractivity contribution in [3.05, 3.63) is 33.9 Å². The molecule has 0 heterocycles. The number of aliphatic hydroxyl groups is 2. The van der Waals surface area contributed by atoms with Gasteiger partial charge in [-0.1, -0.05) is 20.8 Å². The summed E-state index contributed by atoms with van der Waals surface area (Å²) in [5.41, 5.74) is 1.34. The van der Waals surface area contributed by atoms with Crippen LogP contribution in [-0.4, -0.2) is 34.4 Å². The van der Waals surface area contributed by atoms with E-state index in [1.807, 2.05) is 20.8 Å².